The van der Waals surface area contributed by atoms with E-state index in [0.717, 1.165) is 0 Å². The first-order valence-electron chi connectivity index (χ1n) is 4.97. The highest BCUT2D eigenvalue weighted by atomic mass is 16.5. The van der Waals surface area contributed by atoms with Crippen LogP contribution in [0.4, 0.5) is 0 Å². The minimum absolute atomic E-state index is 0.356. The SMILES string of the molecule is CC(C)O[C@@H](C)[C@@H]1CCCN1C. The van der Waals surface area contributed by atoms with Gasteiger partial charge >= 0.3 is 0 Å². The van der Waals surface area contributed by atoms with Crippen LogP contribution in [0.3, 0.4) is 0 Å². The molecule has 1 aliphatic rings. The Morgan fingerprint density at radius 1 is 1.33 bits per heavy atom. The smallest absolute Gasteiger partial charge is 0.0705 e. The molecule has 2 heteroatoms. The van der Waals surface area contributed by atoms with E-state index in [1.807, 2.05) is 0 Å². The van der Waals surface area contributed by atoms with Gasteiger partial charge in [0.25, 0.3) is 0 Å². The Morgan fingerprint density at radius 2 is 2.00 bits per heavy atom. The first-order chi connectivity index (χ1) is 5.61. The quantitative estimate of drug-likeness (QED) is 0.643. The molecule has 72 valence electrons. The van der Waals surface area contributed by atoms with Gasteiger partial charge in [0.15, 0.2) is 0 Å². The summed E-state index contributed by atoms with van der Waals surface area (Å²) in [6.45, 7) is 7.62. The Hall–Kier alpha value is -0.0800. The van der Waals surface area contributed by atoms with Crippen LogP contribution in [-0.4, -0.2) is 36.7 Å². The van der Waals surface area contributed by atoms with Gasteiger partial charge in [0.2, 0.25) is 0 Å². The number of ether oxygens (including phenoxy) is 1. The fraction of sp³-hybridized carbons (Fsp3) is 1.00. The second-order valence-corrected chi connectivity index (χ2v) is 4.08. The van der Waals surface area contributed by atoms with Crippen LogP contribution in [-0.2, 0) is 4.74 Å². The van der Waals surface area contributed by atoms with Crippen molar-refractivity contribution in [2.24, 2.45) is 0 Å². The highest BCUT2D eigenvalue weighted by Gasteiger charge is 2.27. The van der Waals surface area contributed by atoms with Crippen LogP contribution in [0.15, 0.2) is 0 Å². The predicted molar refractivity (Wildman–Crippen MR) is 51.3 cm³/mol. The van der Waals surface area contributed by atoms with E-state index >= 15 is 0 Å². The van der Waals surface area contributed by atoms with E-state index in [4.69, 9.17) is 4.74 Å². The maximum Gasteiger partial charge on any atom is 0.0705 e. The van der Waals surface area contributed by atoms with Gasteiger partial charge in [0.05, 0.1) is 12.2 Å². The van der Waals surface area contributed by atoms with Crippen molar-refractivity contribution in [1.82, 2.24) is 4.90 Å². The number of likely N-dealkylation sites (tertiary alicyclic amines) is 1. The normalized spacial score (nSPS) is 28.2. The molecule has 0 unspecified atom stereocenters. The zero-order chi connectivity index (χ0) is 9.14. The van der Waals surface area contributed by atoms with Gasteiger partial charge in [-0.15, -0.1) is 0 Å². The number of nitrogens with zero attached hydrogens (tertiary/aromatic N) is 1. The summed E-state index contributed by atoms with van der Waals surface area (Å²) < 4.78 is 5.76. The highest BCUT2D eigenvalue weighted by molar-refractivity contribution is 4.81. The average Bonchev–Trinajstić information content (AvgIpc) is 2.33. The van der Waals surface area contributed by atoms with Crippen LogP contribution in [0, 0.1) is 0 Å². The highest BCUT2D eigenvalue weighted by Crippen LogP contribution is 2.20. The van der Waals surface area contributed by atoms with Crippen LogP contribution in [0.1, 0.15) is 33.6 Å². The van der Waals surface area contributed by atoms with Crippen LogP contribution in [0.2, 0.25) is 0 Å². The molecule has 1 heterocycles. The van der Waals surface area contributed by atoms with E-state index in [1.165, 1.54) is 19.4 Å². The zero-order valence-electron chi connectivity index (χ0n) is 8.71. The van der Waals surface area contributed by atoms with Crippen molar-refractivity contribution in [3.8, 4) is 0 Å². The van der Waals surface area contributed by atoms with Crippen molar-refractivity contribution >= 4 is 0 Å². The molecule has 12 heavy (non-hydrogen) atoms. The lowest BCUT2D eigenvalue weighted by molar-refractivity contribution is -0.0201. The summed E-state index contributed by atoms with van der Waals surface area (Å²) in [4.78, 5) is 2.41. The van der Waals surface area contributed by atoms with Crippen molar-refractivity contribution < 1.29 is 4.74 Å². The Kier molecular flexibility index (Phi) is 3.53. The maximum atomic E-state index is 5.76. The maximum absolute atomic E-state index is 5.76. The number of hydrogen-bond acceptors (Lipinski definition) is 2. The van der Waals surface area contributed by atoms with E-state index in [9.17, 15) is 0 Å². The van der Waals surface area contributed by atoms with Crippen molar-refractivity contribution in [2.45, 2.75) is 51.9 Å². The summed E-state index contributed by atoms with van der Waals surface area (Å²) in [5, 5.41) is 0. The lowest BCUT2D eigenvalue weighted by atomic mass is 10.1. The second-order valence-electron chi connectivity index (χ2n) is 4.08. The fourth-order valence-corrected chi connectivity index (χ4v) is 2.05. The molecule has 1 aliphatic heterocycles. The summed E-state index contributed by atoms with van der Waals surface area (Å²) in [5.74, 6) is 0. The number of rotatable bonds is 3. The number of hydrogen-bond donors (Lipinski definition) is 0. The first kappa shape index (κ1) is 10.0. The van der Waals surface area contributed by atoms with Crippen molar-refractivity contribution in [1.29, 1.82) is 0 Å². The van der Waals surface area contributed by atoms with Crippen LogP contribution >= 0.6 is 0 Å². The molecule has 0 saturated carbocycles. The summed E-state index contributed by atoms with van der Waals surface area (Å²) in [5.41, 5.74) is 0. The van der Waals surface area contributed by atoms with Gasteiger partial charge in [-0.05, 0) is 47.2 Å². The molecule has 0 radical (unpaired) electrons. The molecule has 2 nitrogen and oxygen atoms in total. The third-order valence-corrected chi connectivity index (χ3v) is 2.61. The minimum Gasteiger partial charge on any atom is -0.374 e. The molecular weight excluding hydrogens is 150 g/mol. The largest absolute Gasteiger partial charge is 0.374 e. The topological polar surface area (TPSA) is 12.5 Å². The van der Waals surface area contributed by atoms with E-state index in [2.05, 4.69) is 32.7 Å². The zero-order valence-corrected chi connectivity index (χ0v) is 8.71. The molecule has 0 N–H and O–H groups in total. The lowest BCUT2D eigenvalue weighted by Gasteiger charge is -2.27. The van der Waals surface area contributed by atoms with Gasteiger partial charge < -0.3 is 9.64 Å². The lowest BCUT2D eigenvalue weighted by Crippen LogP contribution is -2.37. The molecule has 2 atom stereocenters. The standard InChI is InChI=1S/C10H21NO/c1-8(2)12-9(3)10-6-5-7-11(10)4/h8-10H,5-7H2,1-4H3/t9-,10-/m0/s1. The third kappa shape index (κ3) is 2.46. The van der Waals surface area contributed by atoms with E-state index in [-0.39, 0.29) is 0 Å². The van der Waals surface area contributed by atoms with E-state index in [0.29, 0.717) is 18.2 Å². The fourth-order valence-electron chi connectivity index (χ4n) is 2.05. The Morgan fingerprint density at radius 3 is 2.42 bits per heavy atom. The van der Waals surface area contributed by atoms with E-state index < -0.39 is 0 Å². The Labute approximate surface area is 75.9 Å². The molecule has 1 fully saturated rings. The van der Waals surface area contributed by atoms with Gasteiger partial charge in [-0.1, -0.05) is 0 Å². The molecule has 1 saturated heterocycles. The van der Waals surface area contributed by atoms with Gasteiger partial charge in [-0.25, -0.2) is 0 Å². The predicted octanol–water partition coefficient (Wildman–Crippen LogP) is 1.89. The third-order valence-electron chi connectivity index (χ3n) is 2.61. The number of likely N-dealkylation sites (N-methyl/N-ethyl adjacent to an activating group) is 1. The molecule has 0 aromatic carbocycles. The summed E-state index contributed by atoms with van der Waals surface area (Å²) in [6, 6.07) is 0.646. The molecule has 1 rings (SSSR count). The van der Waals surface area contributed by atoms with Crippen molar-refractivity contribution in [3.05, 3.63) is 0 Å². The average molecular weight is 171 g/mol. The first-order valence-corrected chi connectivity index (χ1v) is 4.97. The van der Waals surface area contributed by atoms with Gasteiger partial charge in [-0.2, -0.15) is 0 Å². The Bertz CT molecular complexity index is 136. The molecule has 0 bridgehead atoms. The monoisotopic (exact) mass is 171 g/mol. The molecule has 0 spiro atoms. The molecule has 0 amide bonds. The molecule has 0 aromatic rings. The molecule has 0 aliphatic carbocycles. The van der Waals surface area contributed by atoms with Gasteiger partial charge in [0.1, 0.15) is 0 Å². The summed E-state index contributed by atoms with van der Waals surface area (Å²) in [7, 11) is 2.19. The van der Waals surface area contributed by atoms with Gasteiger partial charge in [-0.3, -0.25) is 0 Å². The second kappa shape index (κ2) is 4.24. The summed E-state index contributed by atoms with van der Waals surface area (Å²) in [6.07, 6.45) is 3.36. The minimum atomic E-state index is 0.356. The van der Waals surface area contributed by atoms with Crippen LogP contribution in [0.5, 0.6) is 0 Å². The Balaban J connectivity index is 2.35. The van der Waals surface area contributed by atoms with Crippen LogP contribution < -0.4 is 0 Å². The van der Waals surface area contributed by atoms with Gasteiger partial charge in [0, 0.05) is 6.04 Å². The van der Waals surface area contributed by atoms with Crippen molar-refractivity contribution in [2.75, 3.05) is 13.6 Å². The summed E-state index contributed by atoms with van der Waals surface area (Å²) >= 11 is 0. The van der Waals surface area contributed by atoms with Crippen LogP contribution in [0.25, 0.3) is 0 Å². The molecular formula is C10H21NO. The van der Waals surface area contributed by atoms with Crippen molar-refractivity contribution in [3.63, 3.8) is 0 Å². The van der Waals surface area contributed by atoms with E-state index in [1.54, 1.807) is 0 Å². The molecule has 0 aromatic heterocycles.